The fourth-order valence-electron chi connectivity index (χ4n) is 3.47. The molecule has 28 heavy (non-hydrogen) atoms. The Hall–Kier alpha value is -2.49. The van der Waals surface area contributed by atoms with Gasteiger partial charge in [0, 0.05) is 24.5 Å². The first-order valence-corrected chi connectivity index (χ1v) is 10.3. The van der Waals surface area contributed by atoms with Gasteiger partial charge in [0.25, 0.3) is 5.91 Å². The molecule has 1 unspecified atom stereocenters. The molecule has 1 N–H and O–H groups in total. The van der Waals surface area contributed by atoms with Crippen LogP contribution in [0, 0.1) is 0 Å². The van der Waals surface area contributed by atoms with Gasteiger partial charge in [0.2, 0.25) is 0 Å². The molecule has 1 heterocycles. The Labute approximate surface area is 168 Å². The van der Waals surface area contributed by atoms with Gasteiger partial charge < -0.3 is 15.0 Å². The van der Waals surface area contributed by atoms with Gasteiger partial charge in [-0.25, -0.2) is 0 Å². The fourth-order valence-corrected chi connectivity index (χ4v) is 3.47. The third-order valence-electron chi connectivity index (χ3n) is 5.27. The Morgan fingerprint density at radius 3 is 2.18 bits per heavy atom. The van der Waals surface area contributed by atoms with E-state index in [-0.39, 0.29) is 11.3 Å². The lowest BCUT2D eigenvalue weighted by molar-refractivity contribution is -0.122. The number of rotatable bonds is 6. The maximum absolute atomic E-state index is 12.7. The molecule has 0 aromatic heterocycles. The summed E-state index contributed by atoms with van der Waals surface area (Å²) in [7, 11) is 0. The van der Waals surface area contributed by atoms with Crippen LogP contribution < -0.4 is 15.0 Å². The number of anilines is 2. The van der Waals surface area contributed by atoms with E-state index < -0.39 is 6.10 Å². The van der Waals surface area contributed by atoms with Crippen molar-refractivity contribution in [2.75, 3.05) is 23.3 Å². The van der Waals surface area contributed by atoms with Gasteiger partial charge in [0.15, 0.2) is 6.10 Å². The second-order valence-electron chi connectivity index (χ2n) is 8.52. The molecule has 0 radical (unpaired) electrons. The summed E-state index contributed by atoms with van der Waals surface area (Å²) in [6.45, 7) is 10.7. The second-order valence-corrected chi connectivity index (χ2v) is 8.52. The van der Waals surface area contributed by atoms with Gasteiger partial charge in [-0.2, -0.15) is 0 Å². The molecule has 1 saturated heterocycles. The predicted octanol–water partition coefficient (Wildman–Crippen LogP) is 5.38. The minimum absolute atomic E-state index is 0.0985. The number of benzene rings is 2. The monoisotopic (exact) mass is 380 g/mol. The summed E-state index contributed by atoms with van der Waals surface area (Å²) in [4.78, 5) is 15.0. The first-order valence-electron chi connectivity index (χ1n) is 10.3. The highest BCUT2D eigenvalue weighted by Gasteiger charge is 2.20. The molecule has 1 fully saturated rings. The Morgan fingerprint density at radius 1 is 1.04 bits per heavy atom. The van der Waals surface area contributed by atoms with Crippen molar-refractivity contribution in [2.45, 2.75) is 58.5 Å². The number of hydrogen-bond donors (Lipinski definition) is 1. The van der Waals surface area contributed by atoms with Crippen molar-refractivity contribution in [2.24, 2.45) is 0 Å². The molecule has 4 nitrogen and oxygen atoms in total. The Balaban J connectivity index is 1.60. The molecule has 0 spiro atoms. The van der Waals surface area contributed by atoms with Crippen LogP contribution in [0.1, 0.15) is 52.5 Å². The van der Waals surface area contributed by atoms with Crippen LogP contribution in [-0.4, -0.2) is 25.1 Å². The molecule has 0 saturated carbocycles. The van der Waals surface area contributed by atoms with Crippen LogP contribution in [0.25, 0.3) is 0 Å². The summed E-state index contributed by atoms with van der Waals surface area (Å²) >= 11 is 0. The Morgan fingerprint density at radius 2 is 1.64 bits per heavy atom. The molecule has 2 aromatic carbocycles. The lowest BCUT2D eigenvalue weighted by Gasteiger charge is -2.21. The fraction of sp³-hybridized carbons (Fsp3) is 0.458. The van der Waals surface area contributed by atoms with Gasteiger partial charge in [0.1, 0.15) is 5.75 Å². The number of carbonyl (C=O) groups excluding carboxylic acids is 1. The normalized spacial score (nSPS) is 15.4. The largest absolute Gasteiger partial charge is 0.481 e. The van der Waals surface area contributed by atoms with Crippen LogP contribution in [0.2, 0.25) is 0 Å². The van der Waals surface area contributed by atoms with E-state index in [0.717, 1.165) is 24.5 Å². The zero-order valence-corrected chi connectivity index (χ0v) is 17.5. The molecule has 1 amide bonds. The van der Waals surface area contributed by atoms with E-state index >= 15 is 0 Å². The number of ether oxygens (including phenoxy) is 1. The third kappa shape index (κ3) is 5.06. The SMILES string of the molecule is CCC(Oc1ccc(C(C)(C)C)cc1)C(=O)Nc1ccc(N2CCCC2)cc1. The van der Waals surface area contributed by atoms with E-state index in [2.05, 4.69) is 55.3 Å². The van der Waals surface area contributed by atoms with Gasteiger partial charge in [-0.05, 0) is 66.6 Å². The van der Waals surface area contributed by atoms with Crippen molar-refractivity contribution in [3.8, 4) is 5.75 Å². The molecular weight excluding hydrogens is 348 g/mol. The standard InChI is InChI=1S/C24H32N2O2/c1-5-22(28-21-14-8-18(9-15-21)24(2,3)4)23(27)25-19-10-12-20(13-11-19)26-16-6-7-17-26/h8-15,22H,5-7,16-17H2,1-4H3,(H,25,27). The lowest BCUT2D eigenvalue weighted by Crippen LogP contribution is -2.32. The summed E-state index contributed by atoms with van der Waals surface area (Å²) in [5, 5.41) is 2.98. The first kappa shape index (κ1) is 20.2. The summed E-state index contributed by atoms with van der Waals surface area (Å²) in [5.74, 6) is 0.607. The predicted molar refractivity (Wildman–Crippen MR) is 116 cm³/mol. The number of amides is 1. The maximum Gasteiger partial charge on any atom is 0.265 e. The molecule has 2 aromatic rings. The van der Waals surface area contributed by atoms with Gasteiger partial charge in [0.05, 0.1) is 0 Å². The molecule has 150 valence electrons. The highest BCUT2D eigenvalue weighted by molar-refractivity contribution is 5.94. The van der Waals surface area contributed by atoms with Gasteiger partial charge in [-0.3, -0.25) is 4.79 Å². The van der Waals surface area contributed by atoms with Gasteiger partial charge in [-0.1, -0.05) is 39.8 Å². The number of hydrogen-bond acceptors (Lipinski definition) is 3. The molecule has 1 atom stereocenters. The molecule has 1 aliphatic rings. The van der Waals surface area contributed by atoms with E-state index in [0.29, 0.717) is 6.42 Å². The molecule has 0 aliphatic carbocycles. The number of nitrogens with zero attached hydrogens (tertiary/aromatic N) is 1. The smallest absolute Gasteiger partial charge is 0.265 e. The summed E-state index contributed by atoms with van der Waals surface area (Å²) in [5.41, 5.74) is 3.37. The Bertz CT molecular complexity index is 770. The lowest BCUT2D eigenvalue weighted by atomic mass is 9.87. The van der Waals surface area contributed by atoms with Crippen LogP contribution in [-0.2, 0) is 10.2 Å². The van der Waals surface area contributed by atoms with Gasteiger partial charge in [-0.15, -0.1) is 0 Å². The maximum atomic E-state index is 12.7. The number of nitrogens with one attached hydrogen (secondary N) is 1. The van der Waals surface area contributed by atoms with E-state index in [1.165, 1.54) is 24.1 Å². The summed E-state index contributed by atoms with van der Waals surface area (Å²) < 4.78 is 5.95. The second kappa shape index (κ2) is 8.68. The molecule has 0 bridgehead atoms. The van der Waals surface area contributed by atoms with Crippen molar-refractivity contribution in [3.63, 3.8) is 0 Å². The zero-order chi connectivity index (χ0) is 20.1. The first-order chi connectivity index (χ1) is 13.4. The minimum atomic E-state index is -0.515. The number of carbonyl (C=O) groups is 1. The quantitative estimate of drug-likeness (QED) is 0.731. The molecular formula is C24H32N2O2. The highest BCUT2D eigenvalue weighted by Crippen LogP contribution is 2.25. The summed E-state index contributed by atoms with van der Waals surface area (Å²) in [6.07, 6.45) is 2.60. The van der Waals surface area contributed by atoms with Crippen LogP contribution in [0.5, 0.6) is 5.75 Å². The van der Waals surface area contributed by atoms with Crippen molar-refractivity contribution in [1.82, 2.24) is 0 Å². The zero-order valence-electron chi connectivity index (χ0n) is 17.5. The van der Waals surface area contributed by atoms with Crippen molar-refractivity contribution >= 4 is 17.3 Å². The minimum Gasteiger partial charge on any atom is -0.481 e. The average molecular weight is 381 g/mol. The van der Waals surface area contributed by atoms with Crippen molar-refractivity contribution in [1.29, 1.82) is 0 Å². The van der Waals surface area contributed by atoms with Crippen LogP contribution in [0.15, 0.2) is 48.5 Å². The van der Waals surface area contributed by atoms with Crippen LogP contribution >= 0.6 is 0 Å². The summed E-state index contributed by atoms with van der Waals surface area (Å²) in [6, 6.07) is 16.1. The third-order valence-corrected chi connectivity index (χ3v) is 5.27. The highest BCUT2D eigenvalue weighted by atomic mass is 16.5. The van der Waals surface area contributed by atoms with Gasteiger partial charge >= 0.3 is 0 Å². The molecule has 3 rings (SSSR count). The topological polar surface area (TPSA) is 41.6 Å². The van der Waals surface area contributed by atoms with Crippen molar-refractivity contribution in [3.05, 3.63) is 54.1 Å². The Kier molecular flexibility index (Phi) is 6.28. The van der Waals surface area contributed by atoms with Crippen molar-refractivity contribution < 1.29 is 9.53 Å². The molecule has 4 heteroatoms. The van der Waals surface area contributed by atoms with Crippen LogP contribution in [0.3, 0.4) is 0 Å². The van der Waals surface area contributed by atoms with E-state index in [4.69, 9.17) is 4.74 Å². The van der Waals surface area contributed by atoms with E-state index in [1.807, 2.05) is 31.2 Å². The van der Waals surface area contributed by atoms with Crippen LogP contribution in [0.4, 0.5) is 11.4 Å². The van der Waals surface area contributed by atoms with E-state index in [1.54, 1.807) is 0 Å². The molecule has 1 aliphatic heterocycles. The van der Waals surface area contributed by atoms with E-state index in [9.17, 15) is 4.79 Å². The average Bonchev–Trinajstić information content (AvgIpc) is 3.21.